The van der Waals surface area contributed by atoms with E-state index in [1.807, 2.05) is 13.0 Å². The first-order valence-electron chi connectivity index (χ1n) is 13.6. The summed E-state index contributed by atoms with van der Waals surface area (Å²) in [5.41, 5.74) is -0.357. The minimum absolute atomic E-state index is 0.0291. The van der Waals surface area contributed by atoms with Crippen molar-refractivity contribution in [2.24, 2.45) is 5.92 Å². The fraction of sp³-hybridized carbons (Fsp3) is 0.517. The lowest BCUT2D eigenvalue weighted by Gasteiger charge is -2.51. The zero-order valence-corrected chi connectivity index (χ0v) is 24.8. The van der Waals surface area contributed by atoms with Crippen LogP contribution < -0.4 is 0 Å². The number of carboxylic acid groups (broad SMARTS) is 1. The second-order valence-corrected chi connectivity index (χ2v) is 14.2. The molecule has 0 bridgehead atoms. The summed E-state index contributed by atoms with van der Waals surface area (Å²) >= 11 is 12.6. The first-order valence-corrected chi connectivity index (χ1v) is 16.0. The smallest absolute Gasteiger partial charge is 0.306 e. The highest BCUT2D eigenvalue weighted by Crippen LogP contribution is 2.50. The molecule has 216 valence electrons. The van der Waals surface area contributed by atoms with Gasteiger partial charge in [0.25, 0.3) is 5.91 Å². The van der Waals surface area contributed by atoms with E-state index in [0.717, 1.165) is 25.7 Å². The molecule has 2 aliphatic heterocycles. The molecule has 0 radical (unpaired) electrons. The van der Waals surface area contributed by atoms with E-state index >= 15 is 0 Å². The topological polar surface area (TPSA) is 104 Å². The van der Waals surface area contributed by atoms with Crippen molar-refractivity contribution in [1.82, 2.24) is 9.21 Å². The lowest BCUT2D eigenvalue weighted by atomic mass is 9.85. The van der Waals surface area contributed by atoms with Crippen molar-refractivity contribution in [3.05, 3.63) is 69.7 Å². The molecule has 1 saturated carbocycles. The van der Waals surface area contributed by atoms with Gasteiger partial charge in [0, 0.05) is 22.6 Å². The monoisotopic (exact) mass is 608 g/mol. The van der Waals surface area contributed by atoms with Gasteiger partial charge < -0.3 is 14.7 Å². The molecule has 2 aromatic rings. The molecule has 2 heterocycles. The maximum atomic E-state index is 14.4. The Balaban J connectivity index is 1.66. The third kappa shape index (κ3) is 5.90. The molecular formula is C29H34Cl2N2O6S. The number of sulfonamides is 1. The van der Waals surface area contributed by atoms with Crippen molar-refractivity contribution in [2.45, 2.75) is 75.8 Å². The molecule has 5 atom stereocenters. The van der Waals surface area contributed by atoms with Crippen molar-refractivity contribution in [1.29, 1.82) is 0 Å². The largest absolute Gasteiger partial charge is 0.481 e. The normalized spacial score (nSPS) is 28.6. The molecule has 1 amide bonds. The standard InChI is InChI=1S/C29H34Cl2N2O6S/c1-18-5-4-14-32(18)40(37,38)17-24(19-8-9-19)33-26(20-10-12-22(30)13-11-20)27(21-6-3-7-23(31)15-21)39-29(2,28(33)36)16-25(34)35/h3,6-7,10-13,15,18-19,24,26-27H,4-5,8-9,14,16-17H2,1-2H3,(H,34,35)/t18?,24-,26-,27-,29+/m1/s1. The van der Waals surface area contributed by atoms with Crippen LogP contribution in [0.25, 0.3) is 0 Å². The van der Waals surface area contributed by atoms with Gasteiger partial charge in [-0.2, -0.15) is 4.31 Å². The van der Waals surface area contributed by atoms with Crippen LogP contribution in [0, 0.1) is 5.92 Å². The zero-order chi connectivity index (χ0) is 28.8. The number of rotatable bonds is 9. The molecule has 11 heteroatoms. The minimum Gasteiger partial charge on any atom is -0.481 e. The van der Waals surface area contributed by atoms with E-state index in [0.29, 0.717) is 27.7 Å². The number of nitrogens with zero attached hydrogens (tertiary/aromatic N) is 2. The molecule has 8 nitrogen and oxygen atoms in total. The van der Waals surface area contributed by atoms with Gasteiger partial charge in [-0.3, -0.25) is 9.59 Å². The number of carboxylic acids is 1. The van der Waals surface area contributed by atoms with E-state index in [1.165, 1.54) is 6.92 Å². The molecule has 1 aliphatic carbocycles. The van der Waals surface area contributed by atoms with Gasteiger partial charge in [0.1, 0.15) is 6.10 Å². The molecular weight excluding hydrogens is 575 g/mol. The third-order valence-electron chi connectivity index (χ3n) is 8.29. The van der Waals surface area contributed by atoms with Crippen LogP contribution >= 0.6 is 23.2 Å². The summed E-state index contributed by atoms with van der Waals surface area (Å²) in [6.07, 6.45) is 1.78. The van der Waals surface area contributed by atoms with Crippen LogP contribution in [0.2, 0.25) is 10.0 Å². The van der Waals surface area contributed by atoms with Gasteiger partial charge in [-0.05, 0) is 80.8 Å². The Labute approximate surface area is 245 Å². The summed E-state index contributed by atoms with van der Waals surface area (Å²) in [7, 11) is -3.71. The summed E-state index contributed by atoms with van der Waals surface area (Å²) in [5, 5.41) is 10.8. The Morgan fingerprint density at radius 3 is 2.38 bits per heavy atom. The molecule has 2 aromatic carbocycles. The van der Waals surface area contributed by atoms with Gasteiger partial charge in [0.15, 0.2) is 5.60 Å². The van der Waals surface area contributed by atoms with E-state index in [9.17, 15) is 23.1 Å². The minimum atomic E-state index is -3.71. The Morgan fingerprint density at radius 2 is 1.80 bits per heavy atom. The van der Waals surface area contributed by atoms with Crippen LogP contribution in [0.3, 0.4) is 0 Å². The number of carbonyl (C=O) groups is 2. The maximum Gasteiger partial charge on any atom is 0.306 e. The van der Waals surface area contributed by atoms with Gasteiger partial charge >= 0.3 is 5.97 Å². The quantitative estimate of drug-likeness (QED) is 0.405. The molecule has 5 rings (SSSR count). The van der Waals surface area contributed by atoms with Crippen LogP contribution in [0.5, 0.6) is 0 Å². The van der Waals surface area contributed by atoms with Crippen LogP contribution in [-0.4, -0.2) is 64.6 Å². The van der Waals surface area contributed by atoms with Gasteiger partial charge in [-0.25, -0.2) is 8.42 Å². The number of ether oxygens (including phenoxy) is 1. The lowest BCUT2D eigenvalue weighted by molar-refractivity contribution is -0.206. The van der Waals surface area contributed by atoms with Gasteiger partial charge in [0.05, 0.1) is 24.3 Å². The van der Waals surface area contributed by atoms with Crippen LogP contribution in [-0.2, 0) is 24.3 Å². The maximum absolute atomic E-state index is 14.4. The van der Waals surface area contributed by atoms with E-state index in [1.54, 1.807) is 51.7 Å². The fourth-order valence-electron chi connectivity index (χ4n) is 6.19. The van der Waals surface area contributed by atoms with Crippen LogP contribution in [0.1, 0.15) is 69.2 Å². The van der Waals surface area contributed by atoms with E-state index in [-0.39, 0.29) is 17.7 Å². The van der Waals surface area contributed by atoms with Crippen molar-refractivity contribution in [3.63, 3.8) is 0 Å². The van der Waals surface area contributed by atoms with Gasteiger partial charge in [0.2, 0.25) is 10.0 Å². The van der Waals surface area contributed by atoms with Gasteiger partial charge in [-0.15, -0.1) is 0 Å². The molecule has 1 N–H and O–H groups in total. The van der Waals surface area contributed by atoms with Crippen LogP contribution in [0.4, 0.5) is 0 Å². The summed E-state index contributed by atoms with van der Waals surface area (Å²) in [4.78, 5) is 28.0. The molecule has 3 aliphatic rings. The number of halogens is 2. The zero-order valence-electron chi connectivity index (χ0n) is 22.5. The van der Waals surface area contributed by atoms with Crippen LogP contribution in [0.15, 0.2) is 48.5 Å². The predicted molar refractivity (Wildman–Crippen MR) is 153 cm³/mol. The van der Waals surface area contributed by atoms with Crippen molar-refractivity contribution >= 4 is 45.1 Å². The summed E-state index contributed by atoms with van der Waals surface area (Å²) < 4.78 is 35.6. The van der Waals surface area contributed by atoms with E-state index in [4.69, 9.17) is 27.9 Å². The SMILES string of the molecule is CC1CCCN1S(=O)(=O)C[C@H](C1CC1)N1C(=O)[C@](C)(CC(=O)O)O[C@H](c2cccc(Cl)c2)[C@H]1c1ccc(Cl)cc1. The van der Waals surface area contributed by atoms with E-state index in [2.05, 4.69) is 0 Å². The highest BCUT2D eigenvalue weighted by molar-refractivity contribution is 7.89. The van der Waals surface area contributed by atoms with Gasteiger partial charge in [-0.1, -0.05) is 47.5 Å². The second kappa shape index (κ2) is 11.2. The number of hydrogen-bond donors (Lipinski definition) is 1. The number of carbonyl (C=O) groups excluding carboxylic acids is 1. The summed E-state index contributed by atoms with van der Waals surface area (Å²) in [6, 6.07) is 12.6. The fourth-order valence-corrected chi connectivity index (χ4v) is 8.63. The number of aliphatic carboxylic acids is 1. The molecule has 0 spiro atoms. The summed E-state index contributed by atoms with van der Waals surface area (Å²) in [6.45, 7) is 3.85. The molecule has 1 unspecified atom stereocenters. The first kappa shape index (κ1) is 29.3. The molecule has 3 fully saturated rings. The van der Waals surface area contributed by atoms with E-state index < -0.39 is 52.1 Å². The highest BCUT2D eigenvalue weighted by Gasteiger charge is 2.56. The number of benzene rings is 2. The first-order chi connectivity index (χ1) is 18.9. The van der Waals surface area contributed by atoms with Crippen molar-refractivity contribution in [2.75, 3.05) is 12.3 Å². The number of morpholine rings is 1. The number of hydrogen-bond acceptors (Lipinski definition) is 5. The Kier molecular flexibility index (Phi) is 8.25. The highest BCUT2D eigenvalue weighted by atomic mass is 35.5. The summed E-state index contributed by atoms with van der Waals surface area (Å²) in [5.74, 6) is -1.98. The number of amides is 1. The average molecular weight is 610 g/mol. The lowest BCUT2D eigenvalue weighted by Crippen LogP contribution is -2.62. The van der Waals surface area contributed by atoms with Crippen molar-refractivity contribution in [3.8, 4) is 0 Å². The average Bonchev–Trinajstić information content (AvgIpc) is 3.63. The molecule has 2 saturated heterocycles. The predicted octanol–water partition coefficient (Wildman–Crippen LogP) is 5.46. The van der Waals surface area contributed by atoms with Crippen molar-refractivity contribution < 1.29 is 27.9 Å². The molecule has 40 heavy (non-hydrogen) atoms. The Bertz CT molecular complexity index is 1380. The Hall–Kier alpha value is -2.17. The molecule has 0 aromatic heterocycles. The Morgan fingerprint density at radius 1 is 1.10 bits per heavy atom. The second-order valence-electron chi connectivity index (χ2n) is 11.4. The third-order valence-corrected chi connectivity index (χ3v) is 10.8.